The molecule has 33 nitrogen and oxygen atoms in total. The molecule has 4 aromatic rings. The van der Waals surface area contributed by atoms with Crippen molar-refractivity contribution in [2.24, 2.45) is 94.7 Å². The van der Waals surface area contributed by atoms with Crippen molar-refractivity contribution in [2.45, 2.75) is 216 Å². The summed E-state index contributed by atoms with van der Waals surface area (Å²) < 4.78 is 34.0. The summed E-state index contributed by atoms with van der Waals surface area (Å²) in [7, 11) is -5.32. The number of aliphatic imine (C=N–C) groups is 3. The van der Waals surface area contributed by atoms with Crippen molar-refractivity contribution in [1.29, 1.82) is 5.26 Å². The number of phosphoric ester groups is 1. The van der Waals surface area contributed by atoms with Crippen molar-refractivity contribution in [2.75, 3.05) is 25.5 Å². The summed E-state index contributed by atoms with van der Waals surface area (Å²) in [5.41, 5.74) is 46.7. The number of primary amides is 6. The van der Waals surface area contributed by atoms with Gasteiger partial charge in [0.15, 0.2) is 18.5 Å². The van der Waals surface area contributed by atoms with Gasteiger partial charge in [-0.05, 0) is 125 Å². The number of nitrogens with one attached hydrogen (secondary N) is 1. The van der Waals surface area contributed by atoms with Crippen LogP contribution in [0.2, 0.25) is 0 Å². The monoisotopic (exact) mass is 1650 g/mol. The van der Waals surface area contributed by atoms with Crippen LogP contribution in [0.5, 0.6) is 0 Å². The van der Waals surface area contributed by atoms with Gasteiger partial charge in [0, 0.05) is 140 Å². The number of ether oxygens (including phenoxy) is 1. The number of allylic oxidation sites excluding steroid dienone is 6. The van der Waals surface area contributed by atoms with Gasteiger partial charge in [0.05, 0.1) is 40.5 Å². The molecule has 15 atom stereocenters. The molecule has 10 rings (SSSR count). The van der Waals surface area contributed by atoms with Crippen LogP contribution in [0.1, 0.15) is 172 Å². The summed E-state index contributed by atoms with van der Waals surface area (Å²) in [4.78, 5) is 137. The maximum absolute atomic E-state index is 14.4. The minimum absolute atomic E-state index is 0. The number of fused-ring (bicyclic) bond motifs is 7. The molecule has 2 saturated heterocycles. The number of aromatic nitrogens is 5. The number of nitrogens with two attached hydrogens (primary N) is 7. The number of nitrogen functional groups attached to an aromatic ring is 1. The third kappa shape index (κ3) is 19.2. The van der Waals surface area contributed by atoms with Crippen LogP contribution >= 0.6 is 19.2 Å². The number of aliphatic hydroxyl groups is 3. The molecule has 3 aromatic heterocycles. The molecule has 6 aliphatic rings. The van der Waals surface area contributed by atoms with E-state index in [9.17, 15) is 53.2 Å². The molecule has 0 radical (unpaired) electrons. The van der Waals surface area contributed by atoms with Crippen molar-refractivity contribution < 1.29 is 106 Å². The molecule has 612 valence electrons. The molecule has 0 aliphatic carbocycles. The Labute approximate surface area is 672 Å². The normalized spacial score (nSPS) is 29.3. The standard InChI is InChI=1S/C62H90N13O14P.C12H17N4OS.CN.ClH.Co/c1-29-20-39-40(21-30(29)2)75(28-70-39)57-52(84)53(41(27-76)87-57)89-90(85,86)88-31(3)26-69-49(83)18-19-59(8)37(22-46(66)80)56-62(11)61(10,25-48(68)82)36(14-17-45(65)79)51(74-62)33(5)55-60(9,24-47(67)81)34(12-15-43(63)77)38(71-55)23-42-58(6,7)35(13-16-44(64)78)50(72-42)32(4)54(59)73-56;1-8-11(3-4-17)18-7-16(8)6-10-5-14-9(2)15-12(10)13;1-2;;/h20-21,23,28,31,34-37,41,52-53,56-57,76,84H,12-19,22,24-27H2,1-11H3,(H15,63,64,65,66,67,68,69,71,72,73,74,77,78,79,80,81,82,83,85,86);5,7,17H,3-4,6H2,1-2H3,(H2,13,14,15);;1H;/q;+1;-1;;+3/p-3/t31?,34-,35-,36-,37+,41-,52-,53-,56-,57+,59-,60+,61+,62+;;;;/m1..../s1. The number of rotatable bonds is 30. The number of carbonyl (C=O) groups excluding carboxylic acids is 7. The first-order valence-electron chi connectivity index (χ1n) is 36.5. The van der Waals surface area contributed by atoms with Crippen LogP contribution in [-0.4, -0.2) is 149 Å². The second kappa shape index (κ2) is 36.9. The number of carbonyl (C=O) groups is 7. The van der Waals surface area contributed by atoms with Crippen molar-refractivity contribution in [3.8, 4) is 0 Å². The van der Waals surface area contributed by atoms with Gasteiger partial charge in [-0.25, -0.2) is 15.0 Å². The number of amides is 7. The first kappa shape index (κ1) is 92.6. The third-order valence-corrected chi connectivity index (χ3v) is 25.6. The summed E-state index contributed by atoms with van der Waals surface area (Å²) in [6.45, 7) is 28.4. The molecule has 0 saturated carbocycles. The number of anilines is 1. The summed E-state index contributed by atoms with van der Waals surface area (Å²) in [6.07, 6.45) is -2.32. The number of thiazole rings is 1. The van der Waals surface area contributed by atoms with E-state index in [4.69, 9.17) is 91.2 Å². The molecule has 0 spiro atoms. The number of aliphatic hydroxyl groups excluding tert-OH is 3. The minimum atomic E-state index is -5.32. The fourth-order valence-corrected chi connectivity index (χ4v) is 19.2. The minimum Gasteiger partial charge on any atom is -1.00 e. The van der Waals surface area contributed by atoms with Gasteiger partial charge in [-0.1, -0.05) is 58.4 Å². The van der Waals surface area contributed by atoms with E-state index >= 15 is 0 Å². The Morgan fingerprint density at radius 3 is 2.01 bits per heavy atom. The molecule has 1 aromatic carbocycles. The molecule has 6 aliphatic heterocycles. The Bertz CT molecular complexity index is 4540. The Morgan fingerprint density at radius 1 is 0.821 bits per heavy atom. The molecule has 2 unspecified atom stereocenters. The molecule has 2 fully saturated rings. The van der Waals surface area contributed by atoms with Crippen LogP contribution in [0, 0.1) is 84.9 Å². The summed E-state index contributed by atoms with van der Waals surface area (Å²) in [5, 5.41) is 45.3. The van der Waals surface area contributed by atoms with Crippen molar-refractivity contribution in [3.05, 3.63) is 109 Å². The van der Waals surface area contributed by atoms with Gasteiger partial charge >= 0.3 is 16.8 Å². The molecule has 9 heterocycles. The number of benzene rings is 1. The van der Waals surface area contributed by atoms with Gasteiger partial charge < -0.3 is 114 Å². The van der Waals surface area contributed by atoms with Crippen LogP contribution in [0.3, 0.4) is 0 Å². The first-order chi connectivity index (χ1) is 51.4. The van der Waals surface area contributed by atoms with Gasteiger partial charge in [0.25, 0.3) is 7.82 Å². The van der Waals surface area contributed by atoms with Gasteiger partial charge in [-0.15, -0.1) is 0 Å². The summed E-state index contributed by atoms with van der Waals surface area (Å²) >= 11 is 1.65. The zero-order chi connectivity index (χ0) is 81.8. The number of halogens is 1. The molecule has 37 heteroatoms. The molecular formula is C75H105ClCoN18O15PS. The zero-order valence-electron chi connectivity index (χ0n) is 65.4. The average Bonchev–Trinajstić information content (AvgIpc) is 1.53. The van der Waals surface area contributed by atoms with E-state index < -0.39 is 143 Å². The van der Waals surface area contributed by atoms with Gasteiger partial charge in [-0.2, -0.15) is 10.3 Å². The van der Waals surface area contributed by atoms with Crippen LogP contribution in [0.15, 0.2) is 79.5 Å². The molecule has 8 bridgehead atoms. The molecule has 18 N–H and O–H groups in total. The number of nitrogens with zero attached hydrogens (tertiary/aromatic N) is 10. The number of aryl methyl sites for hydroxylation is 3. The maximum Gasteiger partial charge on any atom is 3.00 e. The van der Waals surface area contributed by atoms with Crippen molar-refractivity contribution >= 4 is 94.5 Å². The Morgan fingerprint density at radius 2 is 1.43 bits per heavy atom. The summed E-state index contributed by atoms with van der Waals surface area (Å²) in [6, 6.07) is 2.65. The van der Waals surface area contributed by atoms with Crippen LogP contribution in [0.25, 0.3) is 16.4 Å². The quantitative estimate of drug-likeness (QED) is 0.0197. The molecule has 7 amide bonds. The fraction of sp³-hybridized carbons (Fsp3) is 0.587. The maximum atomic E-state index is 14.4. The van der Waals surface area contributed by atoms with E-state index in [0.29, 0.717) is 81.0 Å². The third-order valence-electron chi connectivity index (χ3n) is 23.3. The Balaban J connectivity index is 0.000000772. The zero-order valence-corrected chi connectivity index (χ0v) is 68.9. The average molecular weight is 1660 g/mol. The Kier molecular flexibility index (Phi) is 30.5. The predicted molar refractivity (Wildman–Crippen MR) is 407 cm³/mol. The summed E-state index contributed by atoms with van der Waals surface area (Å²) in [5.74, 6) is -6.19. The van der Waals surface area contributed by atoms with Gasteiger partial charge in [-0.3, -0.25) is 53.1 Å². The van der Waals surface area contributed by atoms with Gasteiger partial charge in [0.2, 0.25) is 46.9 Å². The van der Waals surface area contributed by atoms with E-state index in [0.717, 1.165) is 22.4 Å². The Hall–Kier alpha value is -8.24. The predicted octanol–water partition coefficient (Wildman–Crippen LogP) is 1.02. The molecule has 112 heavy (non-hydrogen) atoms. The van der Waals surface area contributed by atoms with E-state index in [1.807, 2.05) is 99.9 Å². The van der Waals surface area contributed by atoms with Crippen molar-refractivity contribution in [1.82, 2.24) is 24.8 Å². The van der Waals surface area contributed by atoms with Crippen LogP contribution < -0.4 is 67.3 Å². The second-order valence-corrected chi connectivity index (χ2v) is 33.4. The van der Waals surface area contributed by atoms with E-state index in [1.165, 1.54) is 22.7 Å². The first-order valence-corrected chi connectivity index (χ1v) is 38.8. The largest absolute Gasteiger partial charge is 3.00 e. The SMILES string of the molecule is C/C1=C2N=C(/C=C3N=C(/C(C)=C4\[N-][C@@](C)([C@@H]5N=C1[C@](C)(CCC(=O)NCC(C)OP(=O)([O-])O[C@H]1[C@@H](O)[C@@H](n6cnc7cc(C)c(C)cc76)O[C@@H]1CO)[C@H]5CC(N)=O)[C@@](C)(CC(N)=O)[C@@H]4CCC(N)=O)[C@@](C)(CC(N)=O)[C@@H]\3CCC(N)=O)C(C)(C)[C@@H]/2CCC(N)=O.Cc1ncc(C[n+]2csc(CCO)c2C)c(N)n1.[C-]#N.[Cl-].[Co+3]. The smallest absolute Gasteiger partial charge is 1.00 e. The fourth-order valence-electron chi connectivity index (χ4n) is 17.1. The number of imidazole rings is 1. The van der Waals surface area contributed by atoms with E-state index in [-0.39, 0.29) is 113 Å². The van der Waals surface area contributed by atoms with Crippen LogP contribution in [0.4, 0.5) is 5.82 Å². The van der Waals surface area contributed by atoms with E-state index in [1.54, 1.807) is 24.5 Å². The molecular weight excluding hydrogens is 1550 g/mol. The second-order valence-electron chi connectivity index (χ2n) is 31.2. The number of hydrogen-bond acceptors (Lipinski definition) is 24. The van der Waals surface area contributed by atoms with Crippen LogP contribution in [-0.2, 0) is 81.7 Å². The van der Waals surface area contributed by atoms with Crippen molar-refractivity contribution in [3.63, 3.8) is 0 Å². The number of hydrogen-bond donors (Lipinski definition) is 11. The topological polar surface area (TPSA) is 565 Å². The number of phosphoric acid groups is 1. The van der Waals surface area contributed by atoms with E-state index in [2.05, 4.69) is 24.8 Å². The van der Waals surface area contributed by atoms with Gasteiger partial charge in [0.1, 0.15) is 30.0 Å².